The Labute approximate surface area is 118 Å². The molecule has 0 fully saturated rings. The van der Waals surface area contributed by atoms with E-state index in [0.29, 0.717) is 5.56 Å². The largest absolute Gasteiger partial charge is 0.316 e. The Balaban J connectivity index is 2.55. The van der Waals surface area contributed by atoms with Gasteiger partial charge in [-0.3, -0.25) is 0 Å². The molecule has 0 bridgehead atoms. The summed E-state index contributed by atoms with van der Waals surface area (Å²) in [4.78, 5) is 0. The van der Waals surface area contributed by atoms with Crippen molar-refractivity contribution in [3.63, 3.8) is 0 Å². The van der Waals surface area contributed by atoms with Crippen molar-refractivity contribution in [1.29, 1.82) is 0 Å². The number of nitrogens with one attached hydrogen (secondary N) is 1. The van der Waals surface area contributed by atoms with Gasteiger partial charge >= 0.3 is 0 Å². The Kier molecular flexibility index (Phi) is 4.23. The summed E-state index contributed by atoms with van der Waals surface area (Å²) < 4.78 is 14.1. The lowest BCUT2D eigenvalue weighted by atomic mass is 9.95. The SMILES string of the molecule is CNCc1c(C)cc(-c2cccc(Cl)c2F)cc1C. The first-order chi connectivity index (χ1) is 9.04. The summed E-state index contributed by atoms with van der Waals surface area (Å²) in [6.07, 6.45) is 0. The molecule has 0 radical (unpaired) electrons. The van der Waals surface area contributed by atoms with E-state index < -0.39 is 0 Å². The van der Waals surface area contributed by atoms with Crippen molar-refractivity contribution in [2.45, 2.75) is 20.4 Å². The minimum atomic E-state index is -0.357. The quantitative estimate of drug-likeness (QED) is 0.872. The molecule has 100 valence electrons. The van der Waals surface area contributed by atoms with Crippen LogP contribution in [0.5, 0.6) is 0 Å². The maximum atomic E-state index is 14.1. The lowest BCUT2D eigenvalue weighted by molar-refractivity contribution is 0.631. The van der Waals surface area contributed by atoms with E-state index in [1.165, 1.54) is 5.56 Å². The van der Waals surface area contributed by atoms with Gasteiger partial charge in [0.15, 0.2) is 0 Å². The first kappa shape index (κ1) is 14.0. The molecule has 2 aromatic rings. The zero-order chi connectivity index (χ0) is 14.0. The smallest absolute Gasteiger partial charge is 0.149 e. The first-order valence-corrected chi connectivity index (χ1v) is 6.61. The highest BCUT2D eigenvalue weighted by Gasteiger charge is 2.11. The standard InChI is InChI=1S/C16H17ClFN/c1-10-7-12(8-11(2)14(10)9-19-3)13-5-4-6-15(17)16(13)18/h4-8,19H,9H2,1-3H3. The van der Waals surface area contributed by atoms with Crippen molar-refractivity contribution in [3.05, 3.63) is 57.9 Å². The first-order valence-electron chi connectivity index (χ1n) is 6.23. The summed E-state index contributed by atoms with van der Waals surface area (Å²) in [5.74, 6) is -0.357. The zero-order valence-electron chi connectivity index (χ0n) is 11.3. The fourth-order valence-electron chi connectivity index (χ4n) is 2.33. The van der Waals surface area contributed by atoms with Gasteiger partial charge < -0.3 is 5.32 Å². The van der Waals surface area contributed by atoms with Crippen LogP contribution in [0, 0.1) is 19.7 Å². The van der Waals surface area contributed by atoms with Gasteiger partial charge in [-0.25, -0.2) is 4.39 Å². The number of hydrogen-bond donors (Lipinski definition) is 1. The van der Waals surface area contributed by atoms with E-state index in [4.69, 9.17) is 11.6 Å². The second-order valence-electron chi connectivity index (χ2n) is 4.72. The minimum absolute atomic E-state index is 0.159. The average molecular weight is 278 g/mol. The van der Waals surface area contributed by atoms with Crippen LogP contribution in [0.2, 0.25) is 5.02 Å². The molecule has 0 aromatic heterocycles. The van der Waals surface area contributed by atoms with E-state index in [9.17, 15) is 4.39 Å². The fourth-order valence-corrected chi connectivity index (χ4v) is 2.51. The molecule has 3 heteroatoms. The van der Waals surface area contributed by atoms with Crippen LogP contribution in [0.1, 0.15) is 16.7 Å². The fraction of sp³-hybridized carbons (Fsp3) is 0.250. The van der Waals surface area contributed by atoms with Gasteiger partial charge in [-0.15, -0.1) is 0 Å². The third-order valence-corrected chi connectivity index (χ3v) is 3.60. The molecule has 2 rings (SSSR count). The van der Waals surface area contributed by atoms with Gasteiger partial charge in [0, 0.05) is 12.1 Å². The Morgan fingerprint density at radius 3 is 2.37 bits per heavy atom. The Morgan fingerprint density at radius 1 is 1.16 bits per heavy atom. The summed E-state index contributed by atoms with van der Waals surface area (Å²) in [6.45, 7) is 4.91. The molecule has 0 heterocycles. The molecule has 0 saturated heterocycles. The lowest BCUT2D eigenvalue weighted by Gasteiger charge is -2.13. The van der Waals surface area contributed by atoms with Crippen molar-refractivity contribution < 1.29 is 4.39 Å². The maximum Gasteiger partial charge on any atom is 0.149 e. The van der Waals surface area contributed by atoms with Crippen LogP contribution < -0.4 is 5.32 Å². The number of hydrogen-bond acceptors (Lipinski definition) is 1. The van der Waals surface area contributed by atoms with Crippen LogP contribution in [0.15, 0.2) is 30.3 Å². The van der Waals surface area contributed by atoms with Gasteiger partial charge in [-0.1, -0.05) is 35.9 Å². The molecule has 1 N–H and O–H groups in total. The van der Waals surface area contributed by atoms with Crippen LogP contribution >= 0.6 is 11.6 Å². The number of halogens is 2. The van der Waals surface area contributed by atoms with Crippen LogP contribution in [-0.2, 0) is 6.54 Å². The third kappa shape index (κ3) is 2.80. The highest BCUT2D eigenvalue weighted by atomic mass is 35.5. The molecule has 0 unspecified atom stereocenters. The van der Waals surface area contributed by atoms with Crippen LogP contribution in [0.25, 0.3) is 11.1 Å². The molecule has 1 nitrogen and oxygen atoms in total. The summed E-state index contributed by atoms with van der Waals surface area (Å²) in [7, 11) is 1.92. The molecular formula is C16H17ClFN. The van der Waals surface area contributed by atoms with E-state index in [-0.39, 0.29) is 10.8 Å². The van der Waals surface area contributed by atoms with E-state index in [0.717, 1.165) is 23.2 Å². The molecular weight excluding hydrogens is 261 g/mol. The van der Waals surface area contributed by atoms with E-state index in [1.54, 1.807) is 18.2 Å². The van der Waals surface area contributed by atoms with Gasteiger partial charge in [-0.05, 0) is 49.2 Å². The highest BCUT2D eigenvalue weighted by molar-refractivity contribution is 6.31. The van der Waals surface area contributed by atoms with Gasteiger partial charge in [0.05, 0.1) is 5.02 Å². The van der Waals surface area contributed by atoms with Crippen LogP contribution in [0.4, 0.5) is 4.39 Å². The molecule has 0 atom stereocenters. The molecule has 0 spiro atoms. The second-order valence-corrected chi connectivity index (χ2v) is 5.13. The summed E-state index contributed by atoms with van der Waals surface area (Å²) in [5.41, 5.74) is 4.99. The van der Waals surface area contributed by atoms with E-state index in [1.807, 2.05) is 33.0 Å². The number of benzene rings is 2. The second kappa shape index (κ2) is 5.72. The molecule has 0 aliphatic carbocycles. The predicted octanol–water partition coefficient (Wildman–Crippen LogP) is 4.48. The van der Waals surface area contributed by atoms with Crippen LogP contribution in [-0.4, -0.2) is 7.05 Å². The minimum Gasteiger partial charge on any atom is -0.316 e. The van der Waals surface area contributed by atoms with Crippen molar-refractivity contribution in [1.82, 2.24) is 5.32 Å². The summed E-state index contributed by atoms with van der Waals surface area (Å²) >= 11 is 5.84. The molecule has 0 amide bonds. The Hall–Kier alpha value is -1.38. The highest BCUT2D eigenvalue weighted by Crippen LogP contribution is 2.30. The summed E-state index contributed by atoms with van der Waals surface area (Å²) in [6, 6.07) is 9.11. The number of rotatable bonds is 3. The van der Waals surface area contributed by atoms with Gasteiger partial charge in [-0.2, -0.15) is 0 Å². The van der Waals surface area contributed by atoms with Gasteiger partial charge in [0.25, 0.3) is 0 Å². The molecule has 19 heavy (non-hydrogen) atoms. The summed E-state index contributed by atoms with van der Waals surface area (Å²) in [5, 5.41) is 3.31. The van der Waals surface area contributed by atoms with E-state index >= 15 is 0 Å². The Morgan fingerprint density at radius 2 is 1.79 bits per heavy atom. The normalized spacial score (nSPS) is 10.8. The predicted molar refractivity (Wildman–Crippen MR) is 79.1 cm³/mol. The molecule has 0 saturated carbocycles. The molecule has 2 aromatic carbocycles. The monoisotopic (exact) mass is 277 g/mol. The lowest BCUT2D eigenvalue weighted by Crippen LogP contribution is -2.08. The maximum absolute atomic E-state index is 14.1. The van der Waals surface area contributed by atoms with Gasteiger partial charge in [0.2, 0.25) is 0 Å². The average Bonchev–Trinajstić information content (AvgIpc) is 2.37. The van der Waals surface area contributed by atoms with Gasteiger partial charge in [0.1, 0.15) is 5.82 Å². The van der Waals surface area contributed by atoms with Crippen LogP contribution in [0.3, 0.4) is 0 Å². The molecule has 0 aliphatic heterocycles. The Bertz CT molecular complexity index is 585. The zero-order valence-corrected chi connectivity index (χ0v) is 12.1. The van der Waals surface area contributed by atoms with Crippen molar-refractivity contribution in [2.75, 3.05) is 7.05 Å². The third-order valence-electron chi connectivity index (χ3n) is 3.31. The molecule has 0 aliphatic rings. The van der Waals surface area contributed by atoms with Crippen molar-refractivity contribution >= 4 is 11.6 Å². The topological polar surface area (TPSA) is 12.0 Å². The van der Waals surface area contributed by atoms with Crippen molar-refractivity contribution in [3.8, 4) is 11.1 Å². The van der Waals surface area contributed by atoms with E-state index in [2.05, 4.69) is 5.32 Å². The number of aryl methyl sites for hydroxylation is 2. The van der Waals surface area contributed by atoms with Crippen molar-refractivity contribution in [2.24, 2.45) is 0 Å².